The highest BCUT2D eigenvalue weighted by molar-refractivity contribution is 5.93. The summed E-state index contributed by atoms with van der Waals surface area (Å²) >= 11 is 0. The van der Waals surface area contributed by atoms with Gasteiger partial charge in [0.15, 0.2) is 11.5 Å². The van der Waals surface area contributed by atoms with Crippen molar-refractivity contribution in [2.75, 3.05) is 13.6 Å². The quantitative estimate of drug-likeness (QED) is 0.718. The molecule has 8 heteroatoms. The number of amides is 2. The number of hydrogen-bond acceptors (Lipinski definition) is 5. The van der Waals surface area contributed by atoms with Crippen molar-refractivity contribution < 1.29 is 14.7 Å². The number of likely N-dealkylation sites (tertiary alicyclic amines) is 1. The number of rotatable bonds is 2. The fourth-order valence-electron chi connectivity index (χ4n) is 4.63. The van der Waals surface area contributed by atoms with Gasteiger partial charge in [0, 0.05) is 43.3 Å². The summed E-state index contributed by atoms with van der Waals surface area (Å²) in [6.07, 6.45) is 4.91. The molecule has 1 aliphatic heterocycles. The Bertz CT molecular complexity index is 1110. The smallest absolute Gasteiger partial charge is 0.269 e. The lowest BCUT2D eigenvalue weighted by molar-refractivity contribution is -0.137. The van der Waals surface area contributed by atoms with Crippen molar-refractivity contribution in [1.82, 2.24) is 19.7 Å². The molecule has 1 saturated heterocycles. The van der Waals surface area contributed by atoms with Crippen molar-refractivity contribution in [3.63, 3.8) is 0 Å². The Morgan fingerprint density at radius 1 is 1.41 bits per heavy atom. The molecule has 1 saturated carbocycles. The van der Waals surface area contributed by atoms with Crippen LogP contribution in [-0.4, -0.2) is 55.8 Å². The Hall–Kier alpha value is -3.18. The molecule has 4 aliphatic rings. The number of carbonyl (C=O) groups is 2. The van der Waals surface area contributed by atoms with Crippen molar-refractivity contribution in [2.45, 2.75) is 37.2 Å². The molecular formula is C21H21N5O3. The molecule has 3 N–H and O–H groups in total. The lowest BCUT2D eigenvalue weighted by Crippen LogP contribution is -2.37. The summed E-state index contributed by atoms with van der Waals surface area (Å²) in [5.41, 5.74) is 6.80. The molecule has 2 aromatic heterocycles. The molecule has 1 atom stereocenters. The van der Waals surface area contributed by atoms with E-state index in [1.807, 2.05) is 0 Å². The first-order valence-electron chi connectivity index (χ1n) is 9.75. The third kappa shape index (κ3) is 2.73. The molecule has 0 spiro atoms. The number of carbonyl (C=O) groups excluding carboxylic acids is 2. The summed E-state index contributed by atoms with van der Waals surface area (Å²) < 4.78 is 1.71. The van der Waals surface area contributed by atoms with Gasteiger partial charge in [0.2, 0.25) is 5.60 Å². The maximum absolute atomic E-state index is 12.1. The Labute approximate surface area is 167 Å². The van der Waals surface area contributed by atoms with Gasteiger partial charge in [0.1, 0.15) is 0 Å². The molecular weight excluding hydrogens is 370 g/mol. The lowest BCUT2D eigenvalue weighted by atomic mass is 9.64. The van der Waals surface area contributed by atoms with E-state index in [0.29, 0.717) is 35.5 Å². The number of aliphatic hydroxyl groups is 1. The van der Waals surface area contributed by atoms with Crippen LogP contribution in [0, 0.1) is 17.8 Å². The first-order chi connectivity index (χ1) is 13.9. The number of hydrogen-bond donors (Lipinski definition) is 2. The van der Waals surface area contributed by atoms with E-state index >= 15 is 0 Å². The van der Waals surface area contributed by atoms with Crippen LogP contribution >= 0.6 is 0 Å². The van der Waals surface area contributed by atoms with Gasteiger partial charge in [-0.05, 0) is 37.3 Å². The highest BCUT2D eigenvalue weighted by atomic mass is 16.3. The summed E-state index contributed by atoms with van der Waals surface area (Å²) in [6.45, 7) is 0.476. The van der Waals surface area contributed by atoms with Crippen LogP contribution in [-0.2, 0) is 11.2 Å². The zero-order chi connectivity index (χ0) is 20.3. The molecule has 2 bridgehead atoms. The zero-order valence-electron chi connectivity index (χ0n) is 16.1. The molecule has 29 heavy (non-hydrogen) atoms. The van der Waals surface area contributed by atoms with Gasteiger partial charge in [-0.1, -0.05) is 11.8 Å². The minimum atomic E-state index is -1.65. The fraction of sp³-hybridized carbons (Fsp3) is 0.429. The highest BCUT2D eigenvalue weighted by Crippen LogP contribution is 2.50. The Morgan fingerprint density at radius 2 is 2.21 bits per heavy atom. The fourth-order valence-corrected chi connectivity index (χ4v) is 4.63. The third-order valence-electron chi connectivity index (χ3n) is 6.26. The van der Waals surface area contributed by atoms with Crippen LogP contribution in [0.1, 0.15) is 52.5 Å². The molecule has 0 radical (unpaired) electrons. The van der Waals surface area contributed by atoms with Crippen molar-refractivity contribution in [2.24, 2.45) is 11.7 Å². The zero-order valence-corrected chi connectivity index (χ0v) is 16.1. The van der Waals surface area contributed by atoms with Crippen molar-refractivity contribution in [3.8, 4) is 17.7 Å². The van der Waals surface area contributed by atoms with E-state index in [2.05, 4.69) is 21.9 Å². The topological polar surface area (TPSA) is 114 Å². The number of nitrogens with two attached hydrogens (primary N) is 1. The van der Waals surface area contributed by atoms with Gasteiger partial charge in [-0.2, -0.15) is 5.10 Å². The average Bonchev–Trinajstić information content (AvgIpc) is 3.20. The monoisotopic (exact) mass is 391 g/mol. The van der Waals surface area contributed by atoms with E-state index in [1.165, 1.54) is 4.90 Å². The number of nitrogens with zero attached hydrogens (tertiary/aromatic N) is 4. The van der Waals surface area contributed by atoms with Crippen LogP contribution in [0.25, 0.3) is 5.82 Å². The molecule has 1 unspecified atom stereocenters. The van der Waals surface area contributed by atoms with E-state index in [-0.39, 0.29) is 12.3 Å². The Balaban J connectivity index is 1.53. The molecule has 6 rings (SSSR count). The van der Waals surface area contributed by atoms with Crippen LogP contribution < -0.4 is 5.73 Å². The number of primary amides is 1. The van der Waals surface area contributed by atoms with E-state index in [1.54, 1.807) is 30.1 Å². The van der Waals surface area contributed by atoms with Crippen molar-refractivity contribution in [3.05, 3.63) is 40.8 Å². The molecule has 3 aliphatic carbocycles. The largest absolute Gasteiger partial charge is 0.369 e. The van der Waals surface area contributed by atoms with Gasteiger partial charge in [-0.15, -0.1) is 0 Å². The molecule has 2 aromatic rings. The summed E-state index contributed by atoms with van der Waals surface area (Å²) in [5.74, 6) is 6.23. The normalized spacial score (nSPS) is 27.1. The van der Waals surface area contributed by atoms with Crippen LogP contribution in [0.3, 0.4) is 0 Å². The molecule has 8 nitrogen and oxygen atoms in total. The molecule has 3 heterocycles. The second-order valence-corrected chi connectivity index (χ2v) is 8.22. The predicted molar refractivity (Wildman–Crippen MR) is 103 cm³/mol. The number of pyridine rings is 1. The minimum absolute atomic E-state index is 0.282. The first kappa shape index (κ1) is 17.9. The molecule has 0 aromatic carbocycles. The maximum atomic E-state index is 12.1. The summed E-state index contributed by atoms with van der Waals surface area (Å²) in [4.78, 5) is 29.9. The Morgan fingerprint density at radius 3 is 2.90 bits per heavy atom. The van der Waals surface area contributed by atoms with E-state index < -0.39 is 11.5 Å². The summed E-state index contributed by atoms with van der Waals surface area (Å²) in [6, 6.07) is 3.47. The number of aromatic nitrogens is 3. The summed E-state index contributed by atoms with van der Waals surface area (Å²) in [5, 5.41) is 15.0. The summed E-state index contributed by atoms with van der Waals surface area (Å²) in [7, 11) is 1.65. The second-order valence-electron chi connectivity index (χ2n) is 8.22. The maximum Gasteiger partial charge on any atom is 0.269 e. The second kappa shape index (κ2) is 6.16. The third-order valence-corrected chi connectivity index (χ3v) is 6.26. The average molecular weight is 391 g/mol. The Kier molecular flexibility index (Phi) is 3.80. The minimum Gasteiger partial charge on any atom is -0.369 e. The predicted octanol–water partition coefficient (Wildman–Crippen LogP) is 0.361. The van der Waals surface area contributed by atoms with E-state index in [0.717, 1.165) is 30.5 Å². The van der Waals surface area contributed by atoms with Gasteiger partial charge >= 0.3 is 0 Å². The van der Waals surface area contributed by atoms with Gasteiger partial charge < -0.3 is 15.7 Å². The number of likely N-dealkylation sites (N-methyl/N-ethyl adjacent to an activating group) is 1. The first-order valence-corrected chi connectivity index (χ1v) is 9.75. The highest BCUT2D eigenvalue weighted by Gasteiger charge is 2.43. The van der Waals surface area contributed by atoms with Crippen molar-refractivity contribution in [1.29, 1.82) is 0 Å². The van der Waals surface area contributed by atoms with Crippen LogP contribution in [0.2, 0.25) is 0 Å². The van der Waals surface area contributed by atoms with Gasteiger partial charge in [0.25, 0.3) is 11.8 Å². The van der Waals surface area contributed by atoms with E-state index in [9.17, 15) is 14.7 Å². The molecule has 2 amide bonds. The van der Waals surface area contributed by atoms with Gasteiger partial charge in [0.05, 0.1) is 5.69 Å². The SMILES string of the molecule is CN1CCC(O)(C#Cc2ccnc(-n3nc(C(N)=O)c4c3C3CC(C4)C3)c2)C1=O. The van der Waals surface area contributed by atoms with Gasteiger partial charge in [-0.25, -0.2) is 9.67 Å². The standard InChI is InChI=1S/C21H21N5O3/c1-25-7-5-21(29,20(25)28)4-2-12-3-6-23-16(11-12)26-18-14-8-13(9-14)10-15(18)17(24-26)19(22)27/h3,6,11,13-14,29H,5,7-10H2,1H3,(H2,22,27). The molecule has 148 valence electrons. The van der Waals surface area contributed by atoms with E-state index in [4.69, 9.17) is 5.73 Å². The lowest BCUT2D eigenvalue weighted by Gasteiger charge is -2.41. The van der Waals surface area contributed by atoms with Gasteiger partial charge in [-0.3, -0.25) is 9.59 Å². The molecule has 2 fully saturated rings. The van der Waals surface area contributed by atoms with Crippen LogP contribution in [0.4, 0.5) is 0 Å². The van der Waals surface area contributed by atoms with Crippen LogP contribution in [0.15, 0.2) is 18.3 Å². The van der Waals surface area contributed by atoms with Crippen molar-refractivity contribution >= 4 is 11.8 Å². The van der Waals surface area contributed by atoms with Crippen LogP contribution in [0.5, 0.6) is 0 Å².